The average molecular weight is 1180 g/mol. The van der Waals surface area contributed by atoms with Crippen molar-refractivity contribution in [3.63, 3.8) is 0 Å². The molecule has 474 valence electrons. The summed E-state index contributed by atoms with van der Waals surface area (Å²) in [6.07, 6.45) is 47.9. The van der Waals surface area contributed by atoms with Gasteiger partial charge in [-0.3, -0.25) is 0 Å². The van der Waals surface area contributed by atoms with Crippen molar-refractivity contribution in [3.8, 4) is 45.2 Å². The molecule has 0 amide bonds. The minimum Gasteiger partial charge on any atom is -0.354 e. The zero-order valence-corrected chi connectivity index (χ0v) is 57.0. The van der Waals surface area contributed by atoms with Crippen LogP contribution in [0.4, 0.5) is 0 Å². The van der Waals surface area contributed by atoms with Crippen LogP contribution >= 0.6 is 0 Å². The predicted molar refractivity (Wildman–Crippen MR) is 385 cm³/mol. The Kier molecular flexibility index (Phi) is 26.7. The Balaban J connectivity index is 1.48. The molecule has 88 heavy (non-hydrogen) atoms. The molecule has 0 radical (unpaired) electrons. The number of hydrogen-bond acceptors (Lipinski definition) is 3. The molecule has 4 aromatic carbocycles. The Bertz CT molecular complexity index is 3040. The summed E-state index contributed by atoms with van der Waals surface area (Å²) in [6.45, 7) is 18.7. The summed E-state index contributed by atoms with van der Waals surface area (Å²) in [6, 6.07) is 27.7. The van der Waals surface area contributed by atoms with Crippen LogP contribution in [0.5, 0.6) is 0 Å². The first kappa shape index (κ1) is 66.9. The zero-order valence-electron chi connectivity index (χ0n) is 57.0. The number of aromatic amines is 2. The SMILES string of the molecule is CCCCCCc1ccc(CCCCCC)c2c1-c1cc3[nH]c(cc4nc(nc5[nH]c(cc-2n1)c1c(CCCCCC)ccc(CCCCCC)c51)-c1c(CCCCCC)ccc(CCCCCC)c1-4)c1c(CCCCCC)ccc(CCCCCC)c31. The Hall–Kier alpha value is -5.55. The van der Waals surface area contributed by atoms with Crippen LogP contribution in [-0.4, -0.2) is 24.9 Å². The predicted octanol–water partition coefficient (Wildman–Crippen LogP) is 25.7. The third-order valence-electron chi connectivity index (χ3n) is 20.0. The van der Waals surface area contributed by atoms with E-state index >= 15 is 0 Å². The topological polar surface area (TPSA) is 70.2 Å². The van der Waals surface area contributed by atoms with Crippen LogP contribution in [0.25, 0.3) is 88.9 Å². The molecule has 0 spiro atoms. The summed E-state index contributed by atoms with van der Waals surface area (Å²) in [5.41, 5.74) is 24.7. The summed E-state index contributed by atoms with van der Waals surface area (Å²) in [5.74, 6) is 0.884. The molecule has 0 aliphatic carbocycles. The first-order valence-electron chi connectivity index (χ1n) is 37.2. The van der Waals surface area contributed by atoms with Crippen LogP contribution in [0.15, 0.2) is 66.7 Å². The van der Waals surface area contributed by atoms with Crippen molar-refractivity contribution in [3.05, 3.63) is 111 Å². The molecule has 2 aliphatic heterocycles. The average Bonchev–Trinajstić information content (AvgIpc) is 1.84. The van der Waals surface area contributed by atoms with Crippen molar-refractivity contribution in [2.45, 2.75) is 312 Å². The van der Waals surface area contributed by atoms with E-state index in [4.69, 9.17) is 15.0 Å². The minimum absolute atomic E-state index is 0.884. The minimum atomic E-state index is 0.884. The van der Waals surface area contributed by atoms with E-state index in [1.54, 1.807) is 0 Å². The van der Waals surface area contributed by atoms with E-state index in [1.807, 2.05) is 0 Å². The number of aryl methyl sites for hydroxylation is 8. The van der Waals surface area contributed by atoms with Gasteiger partial charge in [0, 0.05) is 54.8 Å². The summed E-state index contributed by atoms with van der Waals surface area (Å²) in [7, 11) is 0. The molecule has 2 aliphatic rings. The van der Waals surface area contributed by atoms with Gasteiger partial charge in [0.25, 0.3) is 0 Å². The smallest absolute Gasteiger partial charge is 0.163 e. The fraction of sp³-hybridized carbons (Fsp3) is 0.578. The van der Waals surface area contributed by atoms with Crippen LogP contribution in [0, 0.1) is 0 Å². The molecule has 0 fully saturated rings. The number of unbranched alkanes of at least 4 members (excludes halogenated alkanes) is 24. The number of benzene rings is 4. The van der Waals surface area contributed by atoms with Crippen molar-refractivity contribution in [2.75, 3.05) is 0 Å². The maximum atomic E-state index is 6.10. The molecule has 5 heteroatoms. The highest BCUT2D eigenvalue weighted by molar-refractivity contribution is 6.13. The lowest BCUT2D eigenvalue weighted by Gasteiger charge is -2.14. The monoisotopic (exact) mass is 1180 g/mol. The zero-order chi connectivity index (χ0) is 61.5. The van der Waals surface area contributed by atoms with Gasteiger partial charge in [-0.15, -0.1) is 0 Å². The van der Waals surface area contributed by atoms with Gasteiger partial charge in [0.15, 0.2) is 5.82 Å². The van der Waals surface area contributed by atoms with Gasteiger partial charge >= 0.3 is 0 Å². The van der Waals surface area contributed by atoms with Crippen molar-refractivity contribution in [1.29, 1.82) is 0 Å². The summed E-state index contributed by atoms with van der Waals surface area (Å²) in [5, 5.41) is 5.46. The quantitative estimate of drug-likeness (QED) is 0.0376. The molecule has 7 aromatic rings. The Morgan fingerprint density at radius 2 is 0.489 bits per heavy atom. The fourth-order valence-corrected chi connectivity index (χ4v) is 15.0. The van der Waals surface area contributed by atoms with Gasteiger partial charge in [0.05, 0.1) is 22.6 Å². The molecular formula is C83H117N5. The van der Waals surface area contributed by atoms with E-state index in [9.17, 15) is 0 Å². The van der Waals surface area contributed by atoms with E-state index in [0.29, 0.717) is 0 Å². The molecule has 0 saturated heterocycles. The second kappa shape index (κ2) is 35.2. The van der Waals surface area contributed by atoms with Crippen molar-refractivity contribution < 1.29 is 0 Å². The number of rotatable bonds is 40. The first-order chi connectivity index (χ1) is 43.4. The first-order valence-corrected chi connectivity index (χ1v) is 37.2. The maximum Gasteiger partial charge on any atom is 0.163 e. The molecule has 5 heterocycles. The third kappa shape index (κ3) is 16.7. The lowest BCUT2D eigenvalue weighted by Crippen LogP contribution is -1.97. The van der Waals surface area contributed by atoms with Crippen LogP contribution in [0.3, 0.4) is 0 Å². The molecule has 2 N–H and O–H groups in total. The second-order valence-corrected chi connectivity index (χ2v) is 27.1. The number of nitrogens with zero attached hydrogens (tertiary/aromatic N) is 3. The lowest BCUT2D eigenvalue weighted by atomic mass is 9.88. The fourth-order valence-electron chi connectivity index (χ4n) is 15.0. The normalized spacial score (nSPS) is 12.1. The maximum absolute atomic E-state index is 6.10. The summed E-state index contributed by atoms with van der Waals surface area (Å²) < 4.78 is 0. The summed E-state index contributed by atoms with van der Waals surface area (Å²) in [4.78, 5) is 26.7. The molecule has 0 saturated carbocycles. The van der Waals surface area contributed by atoms with E-state index in [-0.39, 0.29) is 0 Å². The molecule has 8 bridgehead atoms. The van der Waals surface area contributed by atoms with Crippen LogP contribution in [0.1, 0.15) is 305 Å². The molecule has 0 unspecified atom stereocenters. The van der Waals surface area contributed by atoms with Crippen molar-refractivity contribution in [2.24, 2.45) is 0 Å². The van der Waals surface area contributed by atoms with Gasteiger partial charge < -0.3 is 9.97 Å². The van der Waals surface area contributed by atoms with Gasteiger partial charge in [0.2, 0.25) is 0 Å². The van der Waals surface area contributed by atoms with Gasteiger partial charge in [0.1, 0.15) is 5.65 Å². The number of hydrogen-bond donors (Lipinski definition) is 2. The lowest BCUT2D eigenvalue weighted by molar-refractivity contribution is 0.664. The van der Waals surface area contributed by atoms with E-state index in [2.05, 4.69) is 132 Å². The van der Waals surface area contributed by atoms with Crippen LogP contribution in [-0.2, 0) is 51.4 Å². The molecule has 5 nitrogen and oxygen atoms in total. The summed E-state index contributed by atoms with van der Waals surface area (Å²) >= 11 is 0. The van der Waals surface area contributed by atoms with Gasteiger partial charge in [-0.25, -0.2) is 15.0 Å². The molecule has 9 rings (SSSR count). The molecular weight excluding hydrogens is 1070 g/mol. The van der Waals surface area contributed by atoms with Crippen LogP contribution in [0.2, 0.25) is 0 Å². The standard InChI is InChI=1S/C83H117N5/c1-9-17-25-33-41-60-49-51-62(43-35-27-19-11-3)76-70-58-72-78-64(45-37-29-21-13-5)53-55-66(47-39-31-23-15-7)80(78)82(86-72)88-83-81-67(48-40-32-24-16-8)56-54-65(46-38-30-22-14-6)79(81)73(87-83)59-71-77-63(44-36-28-20-12-4)52-50-61(42-34-26-18-10-2)75(77)69(85-71)57-68(84-70)74(60)76/h49-59,84H,9-48H2,1-8H3,(H,86,87,88). The van der Waals surface area contributed by atoms with Gasteiger partial charge in [-0.05, 0) is 165 Å². The highest BCUT2D eigenvalue weighted by atomic mass is 15.0. The highest BCUT2D eigenvalue weighted by Crippen LogP contribution is 2.47. The van der Waals surface area contributed by atoms with Gasteiger partial charge in [-0.2, -0.15) is 0 Å². The van der Waals surface area contributed by atoms with E-state index in [1.165, 1.54) is 305 Å². The number of fused-ring (bicyclic) bond motifs is 20. The largest absolute Gasteiger partial charge is 0.354 e. The van der Waals surface area contributed by atoms with Crippen LogP contribution < -0.4 is 0 Å². The second-order valence-electron chi connectivity index (χ2n) is 27.1. The highest BCUT2D eigenvalue weighted by Gasteiger charge is 2.28. The Labute approximate surface area is 534 Å². The van der Waals surface area contributed by atoms with E-state index < -0.39 is 0 Å². The Morgan fingerprint density at radius 1 is 0.239 bits per heavy atom. The number of aromatic nitrogens is 5. The molecule has 3 aromatic heterocycles. The Morgan fingerprint density at radius 3 is 0.818 bits per heavy atom. The molecule has 0 atom stereocenters. The van der Waals surface area contributed by atoms with Gasteiger partial charge in [-0.1, -0.05) is 258 Å². The number of H-pyrrole nitrogens is 2. The van der Waals surface area contributed by atoms with Crippen molar-refractivity contribution in [1.82, 2.24) is 24.9 Å². The third-order valence-corrected chi connectivity index (χ3v) is 20.0. The number of nitrogens with one attached hydrogen (secondary N) is 2. The van der Waals surface area contributed by atoms with Crippen molar-refractivity contribution >= 4 is 43.7 Å². The van der Waals surface area contributed by atoms with E-state index in [0.717, 1.165) is 85.4 Å².